The maximum Gasteiger partial charge on any atom is 0.268 e. The number of imidazole rings is 1. The SMILES string of the molecule is COc1cc(COc2ccccc2CCCC(O)Cn2cnc(C(N)=O)c2)cc(OC)c1. The first-order valence-electron chi connectivity index (χ1n) is 10.4. The van der Waals surface area contributed by atoms with Crippen LogP contribution in [0.1, 0.15) is 34.5 Å². The number of primary amides is 1. The van der Waals surface area contributed by atoms with E-state index in [0.29, 0.717) is 31.1 Å². The molecule has 0 spiro atoms. The minimum atomic E-state index is -0.581. The van der Waals surface area contributed by atoms with Crippen molar-refractivity contribution in [3.05, 3.63) is 71.8 Å². The Bertz CT molecular complexity index is 1010. The molecule has 32 heavy (non-hydrogen) atoms. The van der Waals surface area contributed by atoms with Crippen LogP contribution in [-0.4, -0.2) is 40.9 Å². The van der Waals surface area contributed by atoms with Crippen LogP contribution in [-0.2, 0) is 19.6 Å². The molecular weight excluding hydrogens is 410 g/mol. The number of aliphatic hydroxyl groups excluding tert-OH is 1. The number of benzene rings is 2. The molecule has 8 nitrogen and oxygen atoms in total. The normalized spacial score (nSPS) is 11.7. The first-order chi connectivity index (χ1) is 15.5. The zero-order valence-corrected chi connectivity index (χ0v) is 18.4. The van der Waals surface area contributed by atoms with Gasteiger partial charge in [0.25, 0.3) is 5.91 Å². The van der Waals surface area contributed by atoms with E-state index in [2.05, 4.69) is 4.98 Å². The Hall–Kier alpha value is -3.52. The van der Waals surface area contributed by atoms with Crippen molar-refractivity contribution in [3.63, 3.8) is 0 Å². The van der Waals surface area contributed by atoms with E-state index in [-0.39, 0.29) is 5.69 Å². The highest BCUT2D eigenvalue weighted by Crippen LogP contribution is 2.25. The lowest BCUT2D eigenvalue weighted by Gasteiger charge is -2.14. The van der Waals surface area contributed by atoms with E-state index in [0.717, 1.165) is 29.7 Å². The number of hydrogen-bond donors (Lipinski definition) is 2. The van der Waals surface area contributed by atoms with Gasteiger partial charge in [0.05, 0.1) is 26.7 Å². The van der Waals surface area contributed by atoms with E-state index in [4.69, 9.17) is 19.9 Å². The van der Waals surface area contributed by atoms with Crippen molar-refractivity contribution in [2.45, 2.75) is 38.5 Å². The molecule has 0 fully saturated rings. The molecule has 2 aromatic carbocycles. The highest BCUT2D eigenvalue weighted by atomic mass is 16.5. The van der Waals surface area contributed by atoms with Gasteiger partial charge in [-0.25, -0.2) is 4.98 Å². The van der Waals surface area contributed by atoms with E-state index in [1.165, 1.54) is 6.33 Å². The standard InChI is InChI=1S/C24H29N3O5/c1-30-20-10-17(11-21(12-20)31-2)15-32-23-9-4-3-6-18(23)7-5-8-19(28)13-27-14-22(24(25)29)26-16-27/h3-4,6,9-12,14,16,19,28H,5,7-8,13,15H2,1-2H3,(H2,25,29). The van der Waals surface area contributed by atoms with E-state index in [1.54, 1.807) is 25.0 Å². The minimum absolute atomic E-state index is 0.192. The predicted octanol–water partition coefficient (Wildman–Crippen LogP) is 2.96. The summed E-state index contributed by atoms with van der Waals surface area (Å²) in [7, 11) is 3.24. The van der Waals surface area contributed by atoms with Crippen LogP contribution >= 0.6 is 0 Å². The number of rotatable bonds is 12. The van der Waals surface area contributed by atoms with E-state index < -0.39 is 12.0 Å². The number of aryl methyl sites for hydroxylation is 1. The third kappa shape index (κ3) is 6.49. The molecule has 8 heteroatoms. The van der Waals surface area contributed by atoms with Gasteiger partial charge in [0, 0.05) is 18.8 Å². The highest BCUT2D eigenvalue weighted by Gasteiger charge is 2.11. The van der Waals surface area contributed by atoms with Crippen molar-refractivity contribution in [2.75, 3.05) is 14.2 Å². The summed E-state index contributed by atoms with van der Waals surface area (Å²) in [6.07, 6.45) is 4.65. The molecule has 0 aliphatic carbocycles. The van der Waals surface area contributed by atoms with Gasteiger partial charge >= 0.3 is 0 Å². The number of aliphatic hydroxyl groups is 1. The number of amides is 1. The van der Waals surface area contributed by atoms with Crippen LogP contribution in [0.25, 0.3) is 0 Å². The van der Waals surface area contributed by atoms with Gasteiger partial charge in [-0.3, -0.25) is 4.79 Å². The molecule has 3 N–H and O–H groups in total. The molecule has 1 atom stereocenters. The predicted molar refractivity (Wildman–Crippen MR) is 120 cm³/mol. The number of carbonyl (C=O) groups excluding carboxylic acids is 1. The Labute approximate surface area is 187 Å². The second kappa shape index (κ2) is 11.2. The lowest BCUT2D eigenvalue weighted by molar-refractivity contribution is 0.0995. The summed E-state index contributed by atoms with van der Waals surface area (Å²) in [5.41, 5.74) is 7.42. The minimum Gasteiger partial charge on any atom is -0.497 e. The number of methoxy groups -OCH3 is 2. The summed E-state index contributed by atoms with van der Waals surface area (Å²) in [4.78, 5) is 15.0. The van der Waals surface area contributed by atoms with Crippen LogP contribution in [0.3, 0.4) is 0 Å². The van der Waals surface area contributed by atoms with E-state index in [1.807, 2.05) is 42.5 Å². The number of aromatic nitrogens is 2. The topological polar surface area (TPSA) is 109 Å². The van der Waals surface area contributed by atoms with Crippen LogP contribution in [0.2, 0.25) is 0 Å². The number of nitrogens with zero attached hydrogens (tertiary/aromatic N) is 2. The highest BCUT2D eigenvalue weighted by molar-refractivity contribution is 5.90. The Balaban J connectivity index is 1.53. The number of ether oxygens (including phenoxy) is 3. The monoisotopic (exact) mass is 439 g/mol. The van der Waals surface area contributed by atoms with Gasteiger partial charge in [0.2, 0.25) is 0 Å². The van der Waals surface area contributed by atoms with Crippen molar-refractivity contribution < 1.29 is 24.1 Å². The number of para-hydroxylation sites is 1. The fourth-order valence-electron chi connectivity index (χ4n) is 3.41. The molecule has 0 bridgehead atoms. The Morgan fingerprint density at radius 1 is 1.16 bits per heavy atom. The van der Waals surface area contributed by atoms with Gasteiger partial charge in [-0.05, 0) is 48.6 Å². The molecular formula is C24H29N3O5. The molecule has 0 radical (unpaired) electrons. The summed E-state index contributed by atoms with van der Waals surface area (Å²) < 4.78 is 18.4. The van der Waals surface area contributed by atoms with E-state index in [9.17, 15) is 9.90 Å². The molecule has 0 saturated heterocycles. The quantitative estimate of drug-likeness (QED) is 0.449. The van der Waals surface area contributed by atoms with Gasteiger partial charge in [-0.2, -0.15) is 0 Å². The van der Waals surface area contributed by atoms with Crippen molar-refractivity contribution in [1.29, 1.82) is 0 Å². The smallest absolute Gasteiger partial charge is 0.268 e. The third-order valence-electron chi connectivity index (χ3n) is 5.07. The summed E-state index contributed by atoms with van der Waals surface area (Å²) >= 11 is 0. The molecule has 3 rings (SSSR count). The fraction of sp³-hybridized carbons (Fsp3) is 0.333. The maximum absolute atomic E-state index is 11.1. The zero-order valence-electron chi connectivity index (χ0n) is 18.4. The van der Waals surface area contributed by atoms with Crippen molar-refractivity contribution in [1.82, 2.24) is 9.55 Å². The Morgan fingerprint density at radius 2 is 1.88 bits per heavy atom. The summed E-state index contributed by atoms with van der Waals surface area (Å²) in [5, 5.41) is 10.3. The van der Waals surface area contributed by atoms with Crippen molar-refractivity contribution >= 4 is 5.91 Å². The molecule has 0 aliphatic heterocycles. The molecule has 1 amide bonds. The van der Waals surface area contributed by atoms with Gasteiger partial charge < -0.3 is 29.6 Å². The lowest BCUT2D eigenvalue weighted by atomic mass is 10.0. The third-order valence-corrected chi connectivity index (χ3v) is 5.07. The average molecular weight is 440 g/mol. The first kappa shape index (κ1) is 23.1. The lowest BCUT2D eigenvalue weighted by Crippen LogP contribution is -2.15. The first-order valence-corrected chi connectivity index (χ1v) is 10.4. The second-order valence-corrected chi connectivity index (χ2v) is 7.48. The van der Waals surface area contributed by atoms with Crippen LogP contribution < -0.4 is 19.9 Å². The van der Waals surface area contributed by atoms with Crippen LogP contribution in [0.5, 0.6) is 17.2 Å². The maximum atomic E-state index is 11.1. The molecule has 170 valence electrons. The van der Waals surface area contributed by atoms with Crippen LogP contribution in [0.4, 0.5) is 0 Å². The van der Waals surface area contributed by atoms with Crippen molar-refractivity contribution in [2.24, 2.45) is 5.73 Å². The van der Waals surface area contributed by atoms with Crippen molar-refractivity contribution in [3.8, 4) is 17.2 Å². The average Bonchev–Trinajstić information content (AvgIpc) is 3.27. The molecule has 0 aliphatic rings. The van der Waals surface area contributed by atoms with Crippen LogP contribution in [0.15, 0.2) is 55.0 Å². The molecule has 1 aromatic heterocycles. The Kier molecular flexibility index (Phi) is 8.10. The van der Waals surface area contributed by atoms with Gasteiger partial charge in [-0.1, -0.05) is 18.2 Å². The number of nitrogens with two attached hydrogens (primary N) is 1. The van der Waals surface area contributed by atoms with Crippen LogP contribution in [0, 0.1) is 0 Å². The molecule has 1 unspecified atom stereocenters. The molecule has 0 saturated carbocycles. The number of hydrogen-bond acceptors (Lipinski definition) is 6. The number of carbonyl (C=O) groups is 1. The van der Waals surface area contributed by atoms with Gasteiger partial charge in [0.1, 0.15) is 29.5 Å². The zero-order chi connectivity index (χ0) is 22.9. The summed E-state index contributed by atoms with van der Waals surface area (Å²) in [6.45, 7) is 0.742. The summed E-state index contributed by atoms with van der Waals surface area (Å²) in [6, 6.07) is 13.5. The van der Waals surface area contributed by atoms with E-state index >= 15 is 0 Å². The Morgan fingerprint density at radius 3 is 2.53 bits per heavy atom. The fourth-order valence-corrected chi connectivity index (χ4v) is 3.41. The van der Waals surface area contributed by atoms with Gasteiger partial charge in [0.15, 0.2) is 0 Å². The molecule has 1 heterocycles. The molecule has 3 aromatic rings. The second-order valence-electron chi connectivity index (χ2n) is 7.48. The van der Waals surface area contributed by atoms with Gasteiger partial charge in [-0.15, -0.1) is 0 Å². The largest absolute Gasteiger partial charge is 0.497 e. The summed E-state index contributed by atoms with van der Waals surface area (Å²) in [5.74, 6) is 1.66.